The molecule has 0 aliphatic heterocycles. The smallest absolute Gasteiger partial charge is 0.00517 e. The van der Waals surface area contributed by atoms with Gasteiger partial charge in [-0.2, -0.15) is 0 Å². The summed E-state index contributed by atoms with van der Waals surface area (Å²) in [7, 11) is 2.02. The van der Waals surface area contributed by atoms with Gasteiger partial charge in [0.05, 0.1) is 0 Å². The Labute approximate surface area is 87.5 Å². The van der Waals surface area contributed by atoms with Crippen molar-refractivity contribution in [2.75, 3.05) is 13.6 Å². The maximum absolute atomic E-state index is 3.20. The van der Waals surface area contributed by atoms with Crippen LogP contribution in [0.3, 0.4) is 0 Å². The predicted octanol–water partition coefficient (Wildman–Crippen LogP) is 3.18. The van der Waals surface area contributed by atoms with Crippen LogP contribution in [-0.2, 0) is 0 Å². The normalized spacial score (nSPS) is 12.7. The Kier molecular flexibility index (Phi) is 5.31. The van der Waals surface area contributed by atoms with E-state index >= 15 is 0 Å². The average Bonchev–Trinajstić information content (AvgIpc) is 2.26. The highest BCUT2D eigenvalue weighted by Crippen LogP contribution is 2.23. The summed E-state index contributed by atoms with van der Waals surface area (Å²) in [6, 6.07) is 10.8. The van der Waals surface area contributed by atoms with E-state index in [0.29, 0.717) is 0 Å². The molecule has 0 bridgehead atoms. The Balaban J connectivity index is 2.46. The fraction of sp³-hybridized carbons (Fsp3) is 0.538. The third-order valence-electron chi connectivity index (χ3n) is 2.74. The van der Waals surface area contributed by atoms with E-state index in [1.807, 2.05) is 7.05 Å². The first kappa shape index (κ1) is 11.3. The number of rotatable bonds is 6. The molecule has 78 valence electrons. The molecule has 1 heteroatoms. The quantitative estimate of drug-likeness (QED) is 0.681. The van der Waals surface area contributed by atoms with Crippen LogP contribution in [0, 0.1) is 0 Å². The number of hydrogen-bond donors (Lipinski definition) is 1. The summed E-state index contributed by atoms with van der Waals surface area (Å²) >= 11 is 0. The highest BCUT2D eigenvalue weighted by Gasteiger charge is 2.07. The van der Waals surface area contributed by atoms with Gasteiger partial charge in [0, 0.05) is 0 Å². The summed E-state index contributed by atoms with van der Waals surface area (Å²) in [6.07, 6.45) is 3.80. The second kappa shape index (κ2) is 6.61. The van der Waals surface area contributed by atoms with Crippen LogP contribution >= 0.6 is 0 Å². The van der Waals surface area contributed by atoms with E-state index in [2.05, 4.69) is 42.6 Å². The Hall–Kier alpha value is -0.820. The first-order valence-electron chi connectivity index (χ1n) is 5.58. The van der Waals surface area contributed by atoms with Gasteiger partial charge in [-0.25, -0.2) is 0 Å². The molecule has 1 aromatic rings. The third kappa shape index (κ3) is 3.51. The van der Waals surface area contributed by atoms with E-state index in [0.717, 1.165) is 12.5 Å². The van der Waals surface area contributed by atoms with E-state index in [-0.39, 0.29) is 0 Å². The monoisotopic (exact) mass is 191 g/mol. The highest BCUT2D eigenvalue weighted by molar-refractivity contribution is 5.19. The minimum absolute atomic E-state index is 0.740. The van der Waals surface area contributed by atoms with Crippen molar-refractivity contribution >= 4 is 0 Å². The molecule has 1 N–H and O–H groups in total. The third-order valence-corrected chi connectivity index (χ3v) is 2.74. The van der Waals surface area contributed by atoms with Gasteiger partial charge in [0.15, 0.2) is 0 Å². The first-order valence-corrected chi connectivity index (χ1v) is 5.58. The van der Waals surface area contributed by atoms with Gasteiger partial charge in [-0.05, 0) is 44.3 Å². The largest absolute Gasteiger partial charge is 0.320 e. The molecule has 1 aromatic carbocycles. The molecule has 1 nitrogen and oxygen atoms in total. The van der Waals surface area contributed by atoms with Gasteiger partial charge in [-0.3, -0.25) is 0 Å². The van der Waals surface area contributed by atoms with E-state index in [1.54, 1.807) is 0 Å². The molecule has 14 heavy (non-hydrogen) atoms. The van der Waals surface area contributed by atoms with Gasteiger partial charge < -0.3 is 5.32 Å². The Bertz CT molecular complexity index is 230. The molecule has 0 fully saturated rings. The second-order valence-electron chi connectivity index (χ2n) is 3.76. The molecule has 1 atom stereocenters. The average molecular weight is 191 g/mol. The van der Waals surface area contributed by atoms with Crippen LogP contribution in [0.5, 0.6) is 0 Å². The van der Waals surface area contributed by atoms with Crippen molar-refractivity contribution in [3.8, 4) is 0 Å². The minimum atomic E-state index is 0.740. The molecule has 0 aromatic heterocycles. The molecular weight excluding hydrogens is 170 g/mol. The van der Waals surface area contributed by atoms with Gasteiger partial charge in [0.1, 0.15) is 0 Å². The fourth-order valence-electron chi connectivity index (χ4n) is 1.86. The first-order chi connectivity index (χ1) is 6.88. The topological polar surface area (TPSA) is 12.0 Å². The van der Waals surface area contributed by atoms with Crippen LogP contribution in [-0.4, -0.2) is 13.6 Å². The molecule has 0 aliphatic rings. The summed E-state index contributed by atoms with van der Waals surface area (Å²) < 4.78 is 0. The lowest BCUT2D eigenvalue weighted by Gasteiger charge is -2.14. The maximum Gasteiger partial charge on any atom is -0.00517 e. The minimum Gasteiger partial charge on any atom is -0.320 e. The molecule has 0 amide bonds. The highest BCUT2D eigenvalue weighted by atomic mass is 14.8. The van der Waals surface area contributed by atoms with Gasteiger partial charge in [-0.1, -0.05) is 37.3 Å². The summed E-state index contributed by atoms with van der Waals surface area (Å²) in [5, 5.41) is 3.20. The molecule has 0 saturated heterocycles. The molecular formula is C13H21N. The van der Waals surface area contributed by atoms with E-state index in [1.165, 1.54) is 24.8 Å². The standard InChI is InChI=1S/C13H21N/c1-3-12(10-7-11-14-2)13-8-5-4-6-9-13/h4-6,8-9,12,14H,3,7,10-11H2,1-2H3. The maximum atomic E-state index is 3.20. The summed E-state index contributed by atoms with van der Waals surface area (Å²) in [4.78, 5) is 0. The lowest BCUT2D eigenvalue weighted by atomic mass is 9.92. The lowest BCUT2D eigenvalue weighted by Crippen LogP contribution is -2.09. The van der Waals surface area contributed by atoms with Crippen molar-refractivity contribution in [1.29, 1.82) is 0 Å². The summed E-state index contributed by atoms with van der Waals surface area (Å²) in [5.41, 5.74) is 1.49. The van der Waals surface area contributed by atoms with Crippen LogP contribution in [0.25, 0.3) is 0 Å². The van der Waals surface area contributed by atoms with Crippen molar-refractivity contribution in [3.63, 3.8) is 0 Å². The fourth-order valence-corrected chi connectivity index (χ4v) is 1.86. The van der Waals surface area contributed by atoms with E-state index < -0.39 is 0 Å². The van der Waals surface area contributed by atoms with Crippen LogP contribution in [0.1, 0.15) is 37.7 Å². The van der Waals surface area contributed by atoms with Crippen molar-refractivity contribution in [2.45, 2.75) is 32.1 Å². The molecule has 0 saturated carbocycles. The predicted molar refractivity (Wildman–Crippen MR) is 62.6 cm³/mol. The number of hydrogen-bond acceptors (Lipinski definition) is 1. The Morgan fingerprint density at radius 2 is 1.93 bits per heavy atom. The van der Waals surface area contributed by atoms with Crippen LogP contribution in [0.15, 0.2) is 30.3 Å². The molecule has 0 spiro atoms. The lowest BCUT2D eigenvalue weighted by molar-refractivity contribution is 0.561. The SMILES string of the molecule is CCC(CCCNC)c1ccccc1. The summed E-state index contributed by atoms with van der Waals surface area (Å²) in [5.74, 6) is 0.740. The van der Waals surface area contributed by atoms with Gasteiger partial charge >= 0.3 is 0 Å². The zero-order valence-electron chi connectivity index (χ0n) is 9.29. The second-order valence-corrected chi connectivity index (χ2v) is 3.76. The van der Waals surface area contributed by atoms with Crippen molar-refractivity contribution < 1.29 is 0 Å². The van der Waals surface area contributed by atoms with Crippen LogP contribution < -0.4 is 5.32 Å². The van der Waals surface area contributed by atoms with Crippen molar-refractivity contribution in [3.05, 3.63) is 35.9 Å². The zero-order chi connectivity index (χ0) is 10.2. The molecule has 0 radical (unpaired) electrons. The Morgan fingerprint density at radius 1 is 1.21 bits per heavy atom. The van der Waals surface area contributed by atoms with Gasteiger partial charge in [-0.15, -0.1) is 0 Å². The van der Waals surface area contributed by atoms with Crippen molar-refractivity contribution in [2.24, 2.45) is 0 Å². The van der Waals surface area contributed by atoms with Crippen molar-refractivity contribution in [1.82, 2.24) is 5.32 Å². The van der Waals surface area contributed by atoms with Crippen LogP contribution in [0.4, 0.5) is 0 Å². The summed E-state index contributed by atoms with van der Waals surface area (Å²) in [6.45, 7) is 3.40. The van der Waals surface area contributed by atoms with E-state index in [9.17, 15) is 0 Å². The number of benzene rings is 1. The zero-order valence-corrected chi connectivity index (χ0v) is 9.29. The molecule has 1 rings (SSSR count). The van der Waals surface area contributed by atoms with Gasteiger partial charge in [0.25, 0.3) is 0 Å². The van der Waals surface area contributed by atoms with Crippen LogP contribution in [0.2, 0.25) is 0 Å². The van der Waals surface area contributed by atoms with Gasteiger partial charge in [0.2, 0.25) is 0 Å². The van der Waals surface area contributed by atoms with E-state index in [4.69, 9.17) is 0 Å². The molecule has 0 aliphatic carbocycles. The Morgan fingerprint density at radius 3 is 2.50 bits per heavy atom. The number of nitrogens with one attached hydrogen (secondary N) is 1. The molecule has 1 unspecified atom stereocenters. The molecule has 0 heterocycles.